The first-order valence-corrected chi connectivity index (χ1v) is 9.16. The molecule has 1 aromatic carbocycles. The van der Waals surface area contributed by atoms with Gasteiger partial charge in [0.25, 0.3) is 0 Å². The first-order valence-electron chi connectivity index (χ1n) is 9.16. The van der Waals surface area contributed by atoms with Gasteiger partial charge in [-0.05, 0) is 14.0 Å². The van der Waals surface area contributed by atoms with E-state index in [0.29, 0.717) is 18.3 Å². The van der Waals surface area contributed by atoms with E-state index in [1.54, 1.807) is 0 Å². The maximum atomic E-state index is 12.4. The smallest absolute Gasteiger partial charge is 0.244 e. The Morgan fingerprint density at radius 2 is 1.79 bits per heavy atom. The molecule has 0 bridgehead atoms. The zero-order valence-electron chi connectivity index (χ0n) is 16.5. The second-order valence-corrected chi connectivity index (χ2v) is 6.82. The Morgan fingerprint density at radius 3 is 2.39 bits per heavy atom. The number of hydrogen-bond acceptors (Lipinski definition) is 6. The predicted octanol–water partition coefficient (Wildman–Crippen LogP) is 2.64. The lowest BCUT2D eigenvalue weighted by Gasteiger charge is -2.37. The van der Waals surface area contributed by atoms with Gasteiger partial charge in [-0.2, -0.15) is 4.98 Å². The zero-order chi connectivity index (χ0) is 18.5. The van der Waals surface area contributed by atoms with Gasteiger partial charge in [-0.25, -0.2) is 0 Å². The molecule has 1 saturated heterocycles. The van der Waals surface area contributed by atoms with E-state index in [0.717, 1.165) is 31.7 Å². The van der Waals surface area contributed by atoms with Crippen LogP contribution in [0.1, 0.15) is 25.8 Å². The van der Waals surface area contributed by atoms with E-state index in [2.05, 4.69) is 27.3 Å². The van der Waals surface area contributed by atoms with E-state index in [-0.39, 0.29) is 42.7 Å². The molecule has 0 spiro atoms. The SMILES string of the molecule is CNCC(C)C(=O)N1CCN(C(C)c2nc(-c3ccccc3)no2)CC1.Cl.Cl. The molecule has 28 heavy (non-hydrogen) atoms. The molecule has 1 N–H and O–H groups in total. The number of amides is 1. The van der Waals surface area contributed by atoms with Crippen molar-refractivity contribution in [2.45, 2.75) is 19.9 Å². The van der Waals surface area contributed by atoms with Gasteiger partial charge in [0.05, 0.1) is 6.04 Å². The highest BCUT2D eigenvalue weighted by Gasteiger charge is 2.29. The molecule has 2 unspecified atom stereocenters. The van der Waals surface area contributed by atoms with Gasteiger partial charge in [0.1, 0.15) is 0 Å². The second-order valence-electron chi connectivity index (χ2n) is 6.82. The molecule has 1 aliphatic rings. The van der Waals surface area contributed by atoms with Crippen LogP contribution in [0.15, 0.2) is 34.9 Å². The number of halogens is 2. The van der Waals surface area contributed by atoms with Crippen LogP contribution in [0.3, 0.4) is 0 Å². The largest absolute Gasteiger partial charge is 0.340 e. The Kier molecular flexibility index (Phi) is 9.89. The van der Waals surface area contributed by atoms with E-state index in [4.69, 9.17) is 4.52 Å². The number of aromatic nitrogens is 2. The maximum absolute atomic E-state index is 12.4. The van der Waals surface area contributed by atoms with Crippen molar-refractivity contribution in [2.75, 3.05) is 39.8 Å². The molecule has 0 radical (unpaired) electrons. The monoisotopic (exact) mass is 429 g/mol. The van der Waals surface area contributed by atoms with Crippen molar-refractivity contribution in [3.63, 3.8) is 0 Å². The average molecular weight is 430 g/mol. The van der Waals surface area contributed by atoms with Crippen LogP contribution < -0.4 is 5.32 Å². The van der Waals surface area contributed by atoms with Gasteiger partial charge in [0.2, 0.25) is 17.6 Å². The van der Waals surface area contributed by atoms with Crippen LogP contribution in [-0.4, -0.2) is 65.6 Å². The van der Waals surface area contributed by atoms with Gasteiger partial charge in [-0.1, -0.05) is 42.4 Å². The van der Waals surface area contributed by atoms with Gasteiger partial charge in [-0.3, -0.25) is 9.69 Å². The normalized spacial score (nSPS) is 16.6. The summed E-state index contributed by atoms with van der Waals surface area (Å²) >= 11 is 0. The Balaban J connectivity index is 0.00000196. The summed E-state index contributed by atoms with van der Waals surface area (Å²) in [5.41, 5.74) is 0.948. The third-order valence-corrected chi connectivity index (χ3v) is 4.94. The van der Waals surface area contributed by atoms with E-state index < -0.39 is 0 Å². The standard InChI is InChI=1S/C19H27N5O2.2ClH/c1-14(13-20-3)19(25)24-11-9-23(10-12-24)15(2)18-21-17(22-26-18)16-7-5-4-6-8-16;;/h4-8,14-15,20H,9-13H2,1-3H3;2*1H. The summed E-state index contributed by atoms with van der Waals surface area (Å²) in [4.78, 5) is 21.2. The number of piperazine rings is 1. The number of benzene rings is 1. The number of rotatable bonds is 6. The molecule has 2 aromatic rings. The minimum atomic E-state index is 0. The predicted molar refractivity (Wildman–Crippen MR) is 114 cm³/mol. The van der Waals surface area contributed by atoms with E-state index in [1.807, 2.05) is 49.2 Å². The highest BCUT2D eigenvalue weighted by molar-refractivity contribution is 5.85. The molecule has 1 fully saturated rings. The molecule has 1 aromatic heterocycles. The van der Waals surface area contributed by atoms with Crippen LogP contribution in [0.25, 0.3) is 11.4 Å². The van der Waals surface area contributed by atoms with Gasteiger partial charge >= 0.3 is 0 Å². The minimum Gasteiger partial charge on any atom is -0.340 e. The van der Waals surface area contributed by atoms with Crippen LogP contribution in [-0.2, 0) is 4.79 Å². The molecule has 9 heteroatoms. The summed E-state index contributed by atoms with van der Waals surface area (Å²) in [6.07, 6.45) is 0. The van der Waals surface area contributed by atoms with Crippen LogP contribution in [0.4, 0.5) is 0 Å². The first kappa shape index (κ1) is 24.4. The lowest BCUT2D eigenvalue weighted by molar-refractivity contribution is -0.137. The van der Waals surface area contributed by atoms with E-state index in [1.165, 1.54) is 0 Å². The molecule has 1 amide bonds. The number of carbonyl (C=O) groups is 1. The number of carbonyl (C=O) groups excluding carboxylic acids is 1. The summed E-state index contributed by atoms with van der Waals surface area (Å²) in [5.74, 6) is 1.46. The van der Waals surface area contributed by atoms with Crippen molar-refractivity contribution in [3.8, 4) is 11.4 Å². The molecule has 3 rings (SSSR count). The van der Waals surface area contributed by atoms with Gasteiger partial charge in [-0.15, -0.1) is 24.8 Å². The van der Waals surface area contributed by atoms with Crippen LogP contribution in [0.5, 0.6) is 0 Å². The van der Waals surface area contributed by atoms with Crippen molar-refractivity contribution in [1.29, 1.82) is 0 Å². The van der Waals surface area contributed by atoms with Crippen molar-refractivity contribution in [2.24, 2.45) is 5.92 Å². The Hall–Kier alpha value is -1.67. The molecule has 7 nitrogen and oxygen atoms in total. The highest BCUT2D eigenvalue weighted by atomic mass is 35.5. The fourth-order valence-electron chi connectivity index (χ4n) is 3.30. The quantitative estimate of drug-likeness (QED) is 0.760. The molecular formula is C19H29Cl2N5O2. The minimum absolute atomic E-state index is 0. The lowest BCUT2D eigenvalue weighted by atomic mass is 10.1. The van der Waals surface area contributed by atoms with Crippen molar-refractivity contribution < 1.29 is 9.32 Å². The molecule has 1 aliphatic heterocycles. The Morgan fingerprint density at radius 1 is 1.14 bits per heavy atom. The molecule has 0 saturated carbocycles. The topological polar surface area (TPSA) is 74.5 Å². The third-order valence-electron chi connectivity index (χ3n) is 4.94. The average Bonchev–Trinajstić information content (AvgIpc) is 3.18. The van der Waals surface area contributed by atoms with Crippen molar-refractivity contribution in [3.05, 3.63) is 36.2 Å². The Labute approximate surface area is 178 Å². The summed E-state index contributed by atoms with van der Waals surface area (Å²) in [5, 5.41) is 7.17. The van der Waals surface area contributed by atoms with Crippen LogP contribution >= 0.6 is 24.8 Å². The van der Waals surface area contributed by atoms with Crippen LogP contribution in [0, 0.1) is 5.92 Å². The Bertz CT molecular complexity index is 720. The van der Waals surface area contributed by atoms with Crippen LogP contribution in [0.2, 0.25) is 0 Å². The van der Waals surface area contributed by atoms with Crippen molar-refractivity contribution >= 4 is 30.7 Å². The number of nitrogens with one attached hydrogen (secondary N) is 1. The van der Waals surface area contributed by atoms with Gasteiger partial charge < -0.3 is 14.7 Å². The summed E-state index contributed by atoms with van der Waals surface area (Å²) in [6, 6.07) is 9.85. The summed E-state index contributed by atoms with van der Waals surface area (Å²) in [7, 11) is 1.87. The highest BCUT2D eigenvalue weighted by Crippen LogP contribution is 2.23. The molecule has 2 heterocycles. The molecule has 156 valence electrons. The molecule has 2 atom stereocenters. The fourth-order valence-corrected chi connectivity index (χ4v) is 3.30. The zero-order valence-corrected chi connectivity index (χ0v) is 18.1. The summed E-state index contributed by atoms with van der Waals surface area (Å²) < 4.78 is 5.49. The van der Waals surface area contributed by atoms with Gasteiger partial charge in [0.15, 0.2) is 0 Å². The fraction of sp³-hybridized carbons (Fsp3) is 0.526. The van der Waals surface area contributed by atoms with E-state index >= 15 is 0 Å². The molecular weight excluding hydrogens is 401 g/mol. The van der Waals surface area contributed by atoms with Crippen molar-refractivity contribution in [1.82, 2.24) is 25.3 Å². The molecule has 0 aliphatic carbocycles. The second kappa shape index (κ2) is 11.4. The maximum Gasteiger partial charge on any atom is 0.244 e. The summed E-state index contributed by atoms with van der Waals surface area (Å²) in [6.45, 7) is 7.83. The lowest BCUT2D eigenvalue weighted by Crippen LogP contribution is -2.51. The van der Waals surface area contributed by atoms with E-state index in [9.17, 15) is 4.79 Å². The number of nitrogens with zero attached hydrogens (tertiary/aromatic N) is 4. The third kappa shape index (κ3) is 5.67. The first-order chi connectivity index (χ1) is 12.6. The van der Waals surface area contributed by atoms with Gasteiger partial charge in [0, 0.05) is 44.2 Å². The number of hydrogen-bond donors (Lipinski definition) is 1.